The van der Waals surface area contributed by atoms with Gasteiger partial charge in [-0.15, -0.1) is 0 Å². The molecule has 18 heavy (non-hydrogen) atoms. The molecule has 1 aromatic heterocycles. The van der Waals surface area contributed by atoms with Gasteiger partial charge >= 0.3 is 0 Å². The van der Waals surface area contributed by atoms with Gasteiger partial charge in [0, 0.05) is 25.0 Å². The summed E-state index contributed by atoms with van der Waals surface area (Å²) in [6, 6.07) is 3.26. The number of nitrogens with one attached hydrogen (secondary N) is 2. The summed E-state index contributed by atoms with van der Waals surface area (Å²) in [6.07, 6.45) is 1.47. The number of thioether (sulfide) groups is 1. The first-order valence-corrected chi connectivity index (χ1v) is 8.38. The highest BCUT2D eigenvalue weighted by Gasteiger charge is 2.21. The van der Waals surface area contributed by atoms with E-state index in [2.05, 4.69) is 15.0 Å². The maximum atomic E-state index is 12.2. The first-order valence-electron chi connectivity index (χ1n) is 5.74. The van der Waals surface area contributed by atoms with Gasteiger partial charge in [0.1, 0.15) is 0 Å². The van der Waals surface area contributed by atoms with Gasteiger partial charge in [-0.1, -0.05) is 6.92 Å². The molecule has 0 saturated carbocycles. The molecule has 1 heterocycles. The molecule has 0 fully saturated rings. The number of nitrogens with zero attached hydrogens (tertiary/aromatic N) is 1. The Morgan fingerprint density at radius 1 is 1.50 bits per heavy atom. The van der Waals surface area contributed by atoms with Gasteiger partial charge in [0.05, 0.1) is 5.69 Å². The van der Waals surface area contributed by atoms with E-state index in [1.54, 1.807) is 30.9 Å². The Hall–Kier alpha value is -0.790. The van der Waals surface area contributed by atoms with Crippen LogP contribution in [0.5, 0.6) is 0 Å². The summed E-state index contributed by atoms with van der Waals surface area (Å²) in [5, 5.41) is 2.87. The summed E-state index contributed by atoms with van der Waals surface area (Å²) in [7, 11) is -1.90. The van der Waals surface area contributed by atoms with Crippen LogP contribution in [0.15, 0.2) is 23.4 Å². The highest BCUT2D eigenvalue weighted by Crippen LogP contribution is 2.17. The molecule has 2 N–H and O–H groups in total. The van der Waals surface area contributed by atoms with E-state index in [1.807, 2.05) is 13.8 Å². The van der Waals surface area contributed by atoms with Gasteiger partial charge in [0.25, 0.3) is 10.0 Å². The molecule has 7 heteroatoms. The van der Waals surface area contributed by atoms with Crippen molar-refractivity contribution in [3.05, 3.63) is 18.3 Å². The zero-order valence-electron chi connectivity index (χ0n) is 10.8. The lowest BCUT2D eigenvalue weighted by atomic mass is 10.4. The standard InChI is InChI=1S/C11H19N3O2S2/c1-4-17-8-9(2)14-18(15,16)11-10(12-3)6-5-7-13-11/h5-7,9,12,14H,4,8H2,1-3H3. The van der Waals surface area contributed by atoms with Gasteiger partial charge in [-0.3, -0.25) is 0 Å². The molecule has 0 radical (unpaired) electrons. The van der Waals surface area contributed by atoms with E-state index in [-0.39, 0.29) is 11.1 Å². The largest absolute Gasteiger partial charge is 0.386 e. The Morgan fingerprint density at radius 3 is 2.83 bits per heavy atom. The van der Waals surface area contributed by atoms with E-state index in [4.69, 9.17) is 0 Å². The molecule has 0 aliphatic heterocycles. The van der Waals surface area contributed by atoms with Crippen molar-refractivity contribution in [3.63, 3.8) is 0 Å². The molecule has 0 spiro atoms. The summed E-state index contributed by atoms with van der Waals surface area (Å²) in [4.78, 5) is 3.93. The van der Waals surface area contributed by atoms with Crippen molar-refractivity contribution in [2.45, 2.75) is 24.9 Å². The minimum absolute atomic E-state index is 0.0425. The lowest BCUT2D eigenvalue weighted by molar-refractivity contribution is 0.567. The Labute approximate surface area is 113 Å². The SMILES string of the molecule is CCSCC(C)NS(=O)(=O)c1ncccc1NC. The van der Waals surface area contributed by atoms with Crippen LogP contribution in [0.25, 0.3) is 0 Å². The monoisotopic (exact) mass is 289 g/mol. The summed E-state index contributed by atoms with van der Waals surface area (Å²) in [5.74, 6) is 1.72. The summed E-state index contributed by atoms with van der Waals surface area (Å²) in [5.41, 5.74) is 0.500. The molecule has 0 aliphatic rings. The zero-order valence-corrected chi connectivity index (χ0v) is 12.4. The molecular weight excluding hydrogens is 270 g/mol. The molecule has 1 aromatic rings. The number of rotatable bonds is 7. The second-order valence-corrected chi connectivity index (χ2v) is 6.74. The normalized spacial score (nSPS) is 13.3. The number of aromatic nitrogens is 1. The Balaban J connectivity index is 2.86. The van der Waals surface area contributed by atoms with Crippen LogP contribution in [0, 0.1) is 0 Å². The van der Waals surface area contributed by atoms with E-state index in [0.717, 1.165) is 11.5 Å². The number of hydrogen-bond donors (Lipinski definition) is 2. The van der Waals surface area contributed by atoms with Crippen LogP contribution in [0.4, 0.5) is 5.69 Å². The average molecular weight is 289 g/mol. The van der Waals surface area contributed by atoms with Crippen LogP contribution in [0.2, 0.25) is 0 Å². The maximum Gasteiger partial charge on any atom is 0.260 e. The number of pyridine rings is 1. The summed E-state index contributed by atoms with van der Waals surface area (Å²) < 4.78 is 27.0. The molecular formula is C11H19N3O2S2. The van der Waals surface area contributed by atoms with E-state index in [1.165, 1.54) is 6.20 Å². The molecule has 1 unspecified atom stereocenters. The van der Waals surface area contributed by atoms with Crippen LogP contribution in [0.3, 0.4) is 0 Å². The molecule has 102 valence electrons. The Morgan fingerprint density at radius 2 is 2.22 bits per heavy atom. The van der Waals surface area contributed by atoms with E-state index in [0.29, 0.717) is 5.69 Å². The highest BCUT2D eigenvalue weighted by atomic mass is 32.2. The molecule has 0 bridgehead atoms. The molecule has 5 nitrogen and oxygen atoms in total. The number of sulfonamides is 1. The molecule has 0 saturated heterocycles. The highest BCUT2D eigenvalue weighted by molar-refractivity contribution is 7.99. The smallest absolute Gasteiger partial charge is 0.260 e. The van der Waals surface area contributed by atoms with Crippen LogP contribution in [-0.2, 0) is 10.0 Å². The fourth-order valence-corrected chi connectivity index (χ4v) is 3.61. The van der Waals surface area contributed by atoms with Crippen molar-refractivity contribution in [1.82, 2.24) is 9.71 Å². The predicted molar refractivity (Wildman–Crippen MR) is 76.6 cm³/mol. The lowest BCUT2D eigenvalue weighted by Gasteiger charge is -2.14. The van der Waals surface area contributed by atoms with Crippen molar-refractivity contribution in [1.29, 1.82) is 0 Å². The fourth-order valence-electron chi connectivity index (χ4n) is 1.44. The van der Waals surface area contributed by atoms with Gasteiger partial charge < -0.3 is 5.32 Å². The number of hydrogen-bond acceptors (Lipinski definition) is 5. The fraction of sp³-hybridized carbons (Fsp3) is 0.545. The first-order chi connectivity index (χ1) is 8.51. The topological polar surface area (TPSA) is 71.1 Å². The maximum absolute atomic E-state index is 12.2. The van der Waals surface area contributed by atoms with Gasteiger partial charge in [-0.2, -0.15) is 11.8 Å². The molecule has 0 aliphatic carbocycles. The van der Waals surface area contributed by atoms with Crippen LogP contribution in [-0.4, -0.2) is 38.0 Å². The van der Waals surface area contributed by atoms with Gasteiger partial charge in [0.2, 0.25) is 0 Å². The summed E-state index contributed by atoms with van der Waals surface area (Å²) >= 11 is 1.70. The van der Waals surface area contributed by atoms with Gasteiger partial charge in [-0.05, 0) is 24.8 Å². The second kappa shape index (κ2) is 6.96. The van der Waals surface area contributed by atoms with E-state index >= 15 is 0 Å². The molecule has 1 atom stereocenters. The van der Waals surface area contributed by atoms with Gasteiger partial charge in [-0.25, -0.2) is 18.1 Å². The van der Waals surface area contributed by atoms with Crippen molar-refractivity contribution < 1.29 is 8.42 Å². The summed E-state index contributed by atoms with van der Waals surface area (Å²) in [6.45, 7) is 3.89. The first kappa shape index (κ1) is 15.3. The second-order valence-electron chi connectivity index (χ2n) is 3.79. The third kappa shape index (κ3) is 4.15. The molecule has 0 aromatic carbocycles. The Bertz CT molecular complexity index is 477. The van der Waals surface area contributed by atoms with Crippen LogP contribution >= 0.6 is 11.8 Å². The quantitative estimate of drug-likeness (QED) is 0.797. The van der Waals surface area contributed by atoms with Crippen molar-refractivity contribution >= 4 is 27.5 Å². The predicted octanol–water partition coefficient (Wildman–Crippen LogP) is 1.54. The minimum Gasteiger partial charge on any atom is -0.386 e. The number of anilines is 1. The van der Waals surface area contributed by atoms with E-state index < -0.39 is 10.0 Å². The molecule has 1 rings (SSSR count). The van der Waals surface area contributed by atoms with Crippen LogP contribution in [0.1, 0.15) is 13.8 Å². The third-order valence-electron chi connectivity index (χ3n) is 2.22. The van der Waals surface area contributed by atoms with Gasteiger partial charge in [0.15, 0.2) is 5.03 Å². The van der Waals surface area contributed by atoms with Crippen molar-refractivity contribution in [2.24, 2.45) is 0 Å². The van der Waals surface area contributed by atoms with Crippen molar-refractivity contribution in [2.75, 3.05) is 23.9 Å². The zero-order chi connectivity index (χ0) is 13.6. The Kier molecular flexibility index (Phi) is 5.90. The third-order valence-corrected chi connectivity index (χ3v) is 4.91. The lowest BCUT2D eigenvalue weighted by Crippen LogP contribution is -2.35. The average Bonchev–Trinajstić information content (AvgIpc) is 2.35. The van der Waals surface area contributed by atoms with Crippen molar-refractivity contribution in [3.8, 4) is 0 Å². The van der Waals surface area contributed by atoms with Crippen LogP contribution < -0.4 is 10.0 Å². The molecule has 0 amide bonds. The van der Waals surface area contributed by atoms with E-state index in [9.17, 15) is 8.42 Å². The minimum atomic E-state index is -3.57.